The molecule has 0 bridgehead atoms. The molecule has 0 aliphatic heterocycles. The van der Waals surface area contributed by atoms with Crippen molar-refractivity contribution in [3.05, 3.63) is 82.7 Å². The zero-order chi connectivity index (χ0) is 20.5. The summed E-state index contributed by atoms with van der Waals surface area (Å²) >= 11 is 7.65. The molecule has 6 nitrogen and oxygen atoms in total. The molecule has 3 heterocycles. The van der Waals surface area contributed by atoms with Crippen LogP contribution in [0.1, 0.15) is 10.4 Å². The number of carbonyl (C=O) groups is 1. The van der Waals surface area contributed by atoms with Gasteiger partial charge in [0, 0.05) is 16.0 Å². The van der Waals surface area contributed by atoms with Crippen LogP contribution in [0.15, 0.2) is 76.5 Å². The van der Waals surface area contributed by atoms with Gasteiger partial charge >= 0.3 is 6.01 Å². The molecule has 5 aromatic rings. The van der Waals surface area contributed by atoms with Crippen LogP contribution in [-0.2, 0) is 0 Å². The van der Waals surface area contributed by atoms with E-state index in [4.69, 9.17) is 16.0 Å². The predicted octanol–water partition coefficient (Wildman–Crippen LogP) is 5.92. The third kappa shape index (κ3) is 3.56. The molecule has 0 aliphatic rings. The first-order valence-corrected chi connectivity index (χ1v) is 10.3. The van der Waals surface area contributed by atoms with Gasteiger partial charge in [-0.05, 0) is 35.7 Å². The summed E-state index contributed by atoms with van der Waals surface area (Å²) in [6, 6.07) is 20.4. The minimum atomic E-state index is -0.386. The third-order valence-corrected chi connectivity index (χ3v) is 5.56. The largest absolute Gasteiger partial charge is 0.402 e. The quantitative estimate of drug-likeness (QED) is 0.381. The molecule has 0 radical (unpaired) electrons. The zero-order valence-electron chi connectivity index (χ0n) is 15.4. The molecule has 1 amide bonds. The maximum Gasteiger partial charge on any atom is 0.322 e. The van der Waals surface area contributed by atoms with Gasteiger partial charge in [0.25, 0.3) is 11.8 Å². The molecule has 0 aliphatic carbocycles. The highest BCUT2D eigenvalue weighted by Gasteiger charge is 2.18. The van der Waals surface area contributed by atoms with Gasteiger partial charge in [0.2, 0.25) is 0 Å². The second kappa shape index (κ2) is 7.70. The molecular formula is C22H13ClN4O2S. The summed E-state index contributed by atoms with van der Waals surface area (Å²) in [7, 11) is 0. The Hall–Kier alpha value is -3.55. The van der Waals surface area contributed by atoms with Gasteiger partial charge in [-0.15, -0.1) is 16.4 Å². The van der Waals surface area contributed by atoms with E-state index in [1.54, 1.807) is 24.3 Å². The minimum absolute atomic E-state index is 0.0247. The van der Waals surface area contributed by atoms with Crippen LogP contribution in [0, 0.1) is 0 Å². The third-order valence-electron chi connectivity index (χ3n) is 4.46. The molecule has 0 atom stereocenters. The first kappa shape index (κ1) is 18.5. The zero-order valence-corrected chi connectivity index (χ0v) is 16.9. The Bertz CT molecular complexity index is 1350. The number of thiophene rings is 1. The molecule has 3 aromatic heterocycles. The van der Waals surface area contributed by atoms with Gasteiger partial charge in [-0.3, -0.25) is 10.1 Å². The highest BCUT2D eigenvalue weighted by atomic mass is 35.5. The van der Waals surface area contributed by atoms with Crippen molar-refractivity contribution in [2.45, 2.75) is 0 Å². The fourth-order valence-corrected chi connectivity index (χ4v) is 3.90. The molecule has 8 heteroatoms. The van der Waals surface area contributed by atoms with Gasteiger partial charge in [0.1, 0.15) is 0 Å². The lowest BCUT2D eigenvalue weighted by atomic mass is 10.0. The van der Waals surface area contributed by atoms with E-state index >= 15 is 0 Å². The Balaban J connectivity index is 1.55. The Morgan fingerprint density at radius 1 is 1.00 bits per heavy atom. The van der Waals surface area contributed by atoms with Crippen LogP contribution < -0.4 is 5.32 Å². The molecule has 0 saturated heterocycles. The monoisotopic (exact) mass is 432 g/mol. The molecule has 2 aromatic carbocycles. The number of rotatable bonds is 4. The van der Waals surface area contributed by atoms with Crippen LogP contribution in [0.3, 0.4) is 0 Å². The number of nitrogens with one attached hydrogen (secondary N) is 1. The first-order chi connectivity index (χ1) is 14.7. The van der Waals surface area contributed by atoms with E-state index in [2.05, 4.69) is 20.5 Å². The lowest BCUT2D eigenvalue weighted by Crippen LogP contribution is -2.13. The summed E-state index contributed by atoms with van der Waals surface area (Å²) in [5.74, 6) is -0.0314. The van der Waals surface area contributed by atoms with Crippen LogP contribution >= 0.6 is 22.9 Å². The second-order valence-electron chi connectivity index (χ2n) is 6.43. The van der Waals surface area contributed by atoms with Crippen molar-refractivity contribution in [3.8, 4) is 22.0 Å². The summed E-state index contributed by atoms with van der Waals surface area (Å²) in [6.07, 6.45) is 0. The Kier molecular flexibility index (Phi) is 4.74. The SMILES string of the molecule is O=C(Nc1nnc(-c2cccs2)o1)c1cc(-c2ccccc2)nc2ccc(Cl)cc12. The first-order valence-electron chi connectivity index (χ1n) is 9.02. The predicted molar refractivity (Wildman–Crippen MR) is 118 cm³/mol. The minimum Gasteiger partial charge on any atom is -0.402 e. The van der Waals surface area contributed by atoms with E-state index in [1.165, 1.54) is 11.3 Å². The number of amides is 1. The normalized spacial score (nSPS) is 11.0. The standard InChI is InChI=1S/C22H13ClN4O2S/c23-14-8-9-17-15(11-14)16(12-18(24-17)13-5-2-1-3-6-13)20(28)25-22-27-26-21(29-22)19-7-4-10-30-19/h1-12H,(H,25,27,28). The Morgan fingerprint density at radius 3 is 2.67 bits per heavy atom. The van der Waals surface area contributed by atoms with Crippen molar-refractivity contribution in [2.75, 3.05) is 5.32 Å². The molecule has 30 heavy (non-hydrogen) atoms. The molecule has 0 fully saturated rings. The van der Waals surface area contributed by atoms with Crippen LogP contribution in [0.25, 0.3) is 32.9 Å². The molecule has 1 N–H and O–H groups in total. The summed E-state index contributed by atoms with van der Waals surface area (Å²) in [4.78, 5) is 18.6. The summed E-state index contributed by atoms with van der Waals surface area (Å²) < 4.78 is 5.59. The summed E-state index contributed by atoms with van der Waals surface area (Å²) in [5, 5.41) is 13.7. The molecule has 0 spiro atoms. The molecule has 0 unspecified atom stereocenters. The average Bonchev–Trinajstić information content (AvgIpc) is 3.45. The van der Waals surface area contributed by atoms with Gasteiger partial charge in [-0.25, -0.2) is 4.98 Å². The van der Waals surface area contributed by atoms with E-state index in [0.29, 0.717) is 33.1 Å². The molecule has 0 saturated carbocycles. The van der Waals surface area contributed by atoms with Gasteiger partial charge in [0.05, 0.1) is 21.7 Å². The van der Waals surface area contributed by atoms with Crippen molar-refractivity contribution in [2.24, 2.45) is 0 Å². The molecular weight excluding hydrogens is 420 g/mol. The van der Waals surface area contributed by atoms with E-state index in [9.17, 15) is 4.79 Å². The summed E-state index contributed by atoms with van der Waals surface area (Å²) in [5.41, 5.74) is 2.66. The van der Waals surface area contributed by atoms with Crippen LogP contribution in [0.4, 0.5) is 6.01 Å². The van der Waals surface area contributed by atoms with E-state index in [1.807, 2.05) is 47.8 Å². The maximum atomic E-state index is 13.1. The summed E-state index contributed by atoms with van der Waals surface area (Å²) in [6.45, 7) is 0. The van der Waals surface area contributed by atoms with Crippen LogP contribution in [0.2, 0.25) is 5.02 Å². The van der Waals surface area contributed by atoms with Crippen LogP contribution in [0.5, 0.6) is 0 Å². The van der Waals surface area contributed by atoms with Crippen molar-refractivity contribution < 1.29 is 9.21 Å². The topological polar surface area (TPSA) is 80.9 Å². The number of fused-ring (bicyclic) bond motifs is 1. The molecule has 5 rings (SSSR count). The number of pyridine rings is 1. The Morgan fingerprint density at radius 2 is 1.87 bits per heavy atom. The fourth-order valence-electron chi connectivity index (χ4n) is 3.08. The van der Waals surface area contributed by atoms with E-state index < -0.39 is 0 Å². The number of carbonyl (C=O) groups excluding carboxylic acids is 1. The van der Waals surface area contributed by atoms with Crippen molar-refractivity contribution in [1.29, 1.82) is 0 Å². The van der Waals surface area contributed by atoms with Crippen molar-refractivity contribution >= 4 is 45.8 Å². The highest BCUT2D eigenvalue weighted by molar-refractivity contribution is 7.13. The van der Waals surface area contributed by atoms with Gasteiger partial charge in [-0.2, -0.15) is 0 Å². The van der Waals surface area contributed by atoms with Crippen molar-refractivity contribution in [3.63, 3.8) is 0 Å². The number of hydrogen-bond acceptors (Lipinski definition) is 6. The lowest BCUT2D eigenvalue weighted by molar-refractivity contribution is 0.102. The number of aromatic nitrogens is 3. The number of nitrogens with zero attached hydrogens (tertiary/aromatic N) is 3. The number of anilines is 1. The van der Waals surface area contributed by atoms with Gasteiger partial charge in [-0.1, -0.05) is 53.1 Å². The smallest absolute Gasteiger partial charge is 0.322 e. The second-order valence-corrected chi connectivity index (χ2v) is 7.81. The average molecular weight is 433 g/mol. The van der Waals surface area contributed by atoms with E-state index in [-0.39, 0.29) is 11.9 Å². The van der Waals surface area contributed by atoms with Crippen LogP contribution in [-0.4, -0.2) is 21.1 Å². The Labute approximate surface area is 180 Å². The molecule has 146 valence electrons. The number of halogens is 1. The van der Waals surface area contributed by atoms with Gasteiger partial charge < -0.3 is 4.42 Å². The van der Waals surface area contributed by atoms with Crippen molar-refractivity contribution in [1.82, 2.24) is 15.2 Å². The highest BCUT2D eigenvalue weighted by Crippen LogP contribution is 2.28. The maximum absolute atomic E-state index is 13.1. The van der Waals surface area contributed by atoms with E-state index in [0.717, 1.165) is 10.4 Å². The number of hydrogen-bond donors (Lipinski definition) is 1. The lowest BCUT2D eigenvalue weighted by Gasteiger charge is -2.09. The number of benzene rings is 2. The fraction of sp³-hybridized carbons (Fsp3) is 0. The van der Waals surface area contributed by atoms with Gasteiger partial charge in [0.15, 0.2) is 0 Å².